The fourth-order valence-electron chi connectivity index (χ4n) is 4.48. The molecule has 202 valence electrons. The molecule has 1 aliphatic rings. The van der Waals surface area contributed by atoms with Gasteiger partial charge in [-0.25, -0.2) is 13.4 Å². The molecule has 1 amide bonds. The van der Waals surface area contributed by atoms with Gasteiger partial charge in [-0.1, -0.05) is 60.7 Å². The van der Waals surface area contributed by atoms with Gasteiger partial charge in [0.25, 0.3) is 0 Å². The van der Waals surface area contributed by atoms with Crippen LogP contribution in [0.2, 0.25) is 0 Å². The first-order valence-corrected chi connectivity index (χ1v) is 15.5. The molecular formula is C28H33N3O5S2. The van der Waals surface area contributed by atoms with Gasteiger partial charge in [0, 0.05) is 30.8 Å². The van der Waals surface area contributed by atoms with Crippen LogP contribution in [-0.4, -0.2) is 62.2 Å². The Morgan fingerprint density at radius 1 is 0.974 bits per heavy atom. The molecule has 4 rings (SSSR count). The highest BCUT2D eigenvalue weighted by molar-refractivity contribution is 7.90. The standard InChI is InChI=1S/C28H33N3O5S2/c32-26(28-29-15-18-37-28)24(12-11-21-7-3-1-4-8-21)31-27(33)25(30-23-13-16-36-17-14-23)20-38(34,35)19-22-9-5-2-6-10-22/h1-10,15,18,23-25,30H,11-14,16-17,19-20H2,(H,31,33)/t24-,25-/m0/s1. The van der Waals surface area contributed by atoms with Gasteiger partial charge >= 0.3 is 0 Å². The van der Waals surface area contributed by atoms with E-state index < -0.39 is 27.8 Å². The summed E-state index contributed by atoms with van der Waals surface area (Å²) in [5.74, 6) is -1.32. The van der Waals surface area contributed by atoms with Crippen molar-refractivity contribution in [3.63, 3.8) is 0 Å². The second-order valence-corrected chi connectivity index (χ2v) is 12.4. The minimum absolute atomic E-state index is 0.0520. The third-order valence-corrected chi connectivity index (χ3v) is 8.87. The normalized spacial score (nSPS) is 16.0. The second kappa shape index (κ2) is 13.7. The maximum atomic E-state index is 13.6. The zero-order valence-electron chi connectivity index (χ0n) is 21.1. The Morgan fingerprint density at radius 3 is 2.26 bits per heavy atom. The molecule has 2 atom stereocenters. The summed E-state index contributed by atoms with van der Waals surface area (Å²) in [6.45, 7) is 1.09. The van der Waals surface area contributed by atoms with Crippen LogP contribution in [-0.2, 0) is 31.5 Å². The number of carbonyl (C=O) groups is 2. The predicted molar refractivity (Wildman–Crippen MR) is 148 cm³/mol. The summed E-state index contributed by atoms with van der Waals surface area (Å²) >= 11 is 1.22. The van der Waals surface area contributed by atoms with Crippen LogP contribution in [0.15, 0.2) is 72.2 Å². The van der Waals surface area contributed by atoms with Gasteiger partial charge in [0.05, 0.1) is 17.5 Å². The first-order chi connectivity index (χ1) is 18.4. The number of aromatic nitrogens is 1. The Balaban J connectivity index is 1.51. The number of carbonyl (C=O) groups excluding carboxylic acids is 2. The zero-order chi connectivity index (χ0) is 26.8. The average Bonchev–Trinajstić information content (AvgIpc) is 3.47. The van der Waals surface area contributed by atoms with Gasteiger partial charge in [0.1, 0.15) is 6.04 Å². The molecule has 0 bridgehead atoms. The summed E-state index contributed by atoms with van der Waals surface area (Å²) in [7, 11) is -3.63. The number of thiazole rings is 1. The van der Waals surface area contributed by atoms with Crippen molar-refractivity contribution in [2.24, 2.45) is 0 Å². The summed E-state index contributed by atoms with van der Waals surface area (Å²) in [4.78, 5) is 31.0. The SMILES string of the molecule is O=C(N[C@@H](CCc1ccccc1)C(=O)c1nccs1)[C@H](CS(=O)(=O)Cc1ccccc1)NC1CCOCC1. The largest absolute Gasteiger partial charge is 0.381 e. The van der Waals surface area contributed by atoms with Crippen molar-refractivity contribution in [2.45, 2.75) is 49.6 Å². The molecule has 38 heavy (non-hydrogen) atoms. The van der Waals surface area contributed by atoms with Crippen molar-refractivity contribution in [2.75, 3.05) is 19.0 Å². The van der Waals surface area contributed by atoms with Crippen molar-refractivity contribution in [3.8, 4) is 0 Å². The second-order valence-electron chi connectivity index (χ2n) is 9.43. The lowest BCUT2D eigenvalue weighted by Crippen LogP contribution is -2.56. The van der Waals surface area contributed by atoms with E-state index in [-0.39, 0.29) is 23.3 Å². The minimum atomic E-state index is -3.63. The zero-order valence-corrected chi connectivity index (χ0v) is 22.8. The van der Waals surface area contributed by atoms with Crippen LogP contribution in [0.5, 0.6) is 0 Å². The van der Waals surface area contributed by atoms with Gasteiger partial charge in [0.15, 0.2) is 14.8 Å². The van der Waals surface area contributed by atoms with Crippen LogP contribution < -0.4 is 10.6 Å². The molecule has 2 aromatic carbocycles. The van der Waals surface area contributed by atoms with E-state index in [0.717, 1.165) is 5.56 Å². The van der Waals surface area contributed by atoms with E-state index in [1.807, 2.05) is 36.4 Å². The summed E-state index contributed by atoms with van der Waals surface area (Å²) in [5.41, 5.74) is 1.71. The first kappa shape index (κ1) is 28.1. The van der Waals surface area contributed by atoms with E-state index in [0.29, 0.717) is 49.5 Å². The average molecular weight is 556 g/mol. The molecule has 8 nitrogen and oxygen atoms in total. The Labute approximate surface area is 227 Å². The van der Waals surface area contributed by atoms with Crippen molar-refractivity contribution in [1.82, 2.24) is 15.6 Å². The molecule has 0 saturated carbocycles. The molecule has 1 aromatic heterocycles. The number of benzene rings is 2. The number of amides is 1. The van der Waals surface area contributed by atoms with Crippen LogP contribution in [0.1, 0.15) is 40.2 Å². The smallest absolute Gasteiger partial charge is 0.238 e. The fraction of sp³-hybridized carbons (Fsp3) is 0.393. The lowest BCUT2D eigenvalue weighted by Gasteiger charge is -2.29. The minimum Gasteiger partial charge on any atom is -0.381 e. The van der Waals surface area contributed by atoms with E-state index >= 15 is 0 Å². The highest BCUT2D eigenvalue weighted by atomic mass is 32.2. The van der Waals surface area contributed by atoms with Gasteiger partial charge in [-0.2, -0.15) is 0 Å². The van der Waals surface area contributed by atoms with Crippen LogP contribution in [0.25, 0.3) is 0 Å². The van der Waals surface area contributed by atoms with Crippen molar-refractivity contribution in [3.05, 3.63) is 88.4 Å². The highest BCUT2D eigenvalue weighted by Gasteiger charge is 2.32. The van der Waals surface area contributed by atoms with Gasteiger partial charge in [-0.15, -0.1) is 11.3 Å². The molecule has 0 unspecified atom stereocenters. The van der Waals surface area contributed by atoms with Gasteiger partial charge in [-0.05, 0) is 36.8 Å². The maximum Gasteiger partial charge on any atom is 0.238 e. The fourth-order valence-corrected chi connectivity index (χ4v) is 6.68. The topological polar surface area (TPSA) is 114 Å². The number of nitrogens with zero attached hydrogens (tertiary/aromatic N) is 1. The van der Waals surface area contributed by atoms with Crippen LogP contribution in [0, 0.1) is 0 Å². The summed E-state index contributed by atoms with van der Waals surface area (Å²) in [5, 5.41) is 8.16. The Morgan fingerprint density at radius 2 is 1.63 bits per heavy atom. The van der Waals surface area contributed by atoms with Crippen molar-refractivity contribution < 1.29 is 22.7 Å². The lowest BCUT2D eigenvalue weighted by molar-refractivity contribution is -0.123. The number of ketones is 1. The van der Waals surface area contributed by atoms with Crippen LogP contribution >= 0.6 is 11.3 Å². The molecule has 3 aromatic rings. The molecule has 2 N–H and O–H groups in total. The molecule has 10 heteroatoms. The van der Waals surface area contributed by atoms with Gasteiger partial charge in [-0.3, -0.25) is 9.59 Å². The Bertz CT molecular complexity index is 1260. The number of sulfone groups is 1. The van der Waals surface area contributed by atoms with Crippen molar-refractivity contribution >= 4 is 32.9 Å². The number of aryl methyl sites for hydroxylation is 1. The first-order valence-electron chi connectivity index (χ1n) is 12.8. The quantitative estimate of drug-likeness (QED) is 0.311. The molecule has 1 saturated heterocycles. The summed E-state index contributed by atoms with van der Waals surface area (Å²) < 4.78 is 31.7. The number of hydrogen-bond donors (Lipinski definition) is 2. The number of hydrogen-bond acceptors (Lipinski definition) is 8. The van der Waals surface area contributed by atoms with Gasteiger partial charge < -0.3 is 15.4 Å². The predicted octanol–water partition coefficient (Wildman–Crippen LogP) is 3.20. The van der Waals surface area contributed by atoms with Gasteiger partial charge in [0.2, 0.25) is 11.7 Å². The molecule has 0 radical (unpaired) electrons. The third-order valence-electron chi connectivity index (χ3n) is 6.47. The van der Waals surface area contributed by atoms with E-state index in [4.69, 9.17) is 4.74 Å². The molecule has 2 heterocycles. The molecular weight excluding hydrogens is 522 g/mol. The van der Waals surface area contributed by atoms with E-state index in [1.165, 1.54) is 11.3 Å². The Kier molecular flexibility index (Phi) is 10.2. The van der Waals surface area contributed by atoms with Crippen LogP contribution in [0.4, 0.5) is 0 Å². The number of rotatable bonds is 13. The molecule has 1 aliphatic heterocycles. The van der Waals surface area contributed by atoms with E-state index in [1.54, 1.807) is 35.8 Å². The van der Waals surface area contributed by atoms with E-state index in [2.05, 4.69) is 15.6 Å². The molecule has 0 aliphatic carbocycles. The molecule has 0 spiro atoms. The molecule has 1 fully saturated rings. The lowest BCUT2D eigenvalue weighted by atomic mass is 10.0. The number of Topliss-reactive ketones (excluding diaryl/α,β-unsaturated/α-hetero) is 1. The summed E-state index contributed by atoms with van der Waals surface area (Å²) in [6, 6.07) is 16.7. The third kappa shape index (κ3) is 8.56. The van der Waals surface area contributed by atoms with Crippen molar-refractivity contribution in [1.29, 1.82) is 0 Å². The van der Waals surface area contributed by atoms with Crippen LogP contribution in [0.3, 0.4) is 0 Å². The monoisotopic (exact) mass is 555 g/mol. The van der Waals surface area contributed by atoms with E-state index in [9.17, 15) is 18.0 Å². The maximum absolute atomic E-state index is 13.6. The Hall–Kier alpha value is -2.92. The highest BCUT2D eigenvalue weighted by Crippen LogP contribution is 2.15. The number of nitrogens with one attached hydrogen (secondary N) is 2. The number of ether oxygens (including phenoxy) is 1. The summed E-state index contributed by atoms with van der Waals surface area (Å²) in [6.07, 6.45) is 3.86.